The number of ether oxygens (including phenoxy) is 1. The number of hydrogen-bond acceptors (Lipinski definition) is 2. The maximum Gasteiger partial charge on any atom is 0.314 e. The molecule has 1 heterocycles. The van der Waals surface area contributed by atoms with Crippen LogP contribution in [0.1, 0.15) is 39.2 Å². The van der Waals surface area contributed by atoms with Gasteiger partial charge in [0.05, 0.1) is 6.61 Å². The normalized spacial score (nSPS) is 23.6. The van der Waals surface area contributed by atoms with Gasteiger partial charge in [-0.25, -0.2) is 0 Å². The number of benzene rings is 1. The number of fused-ring (bicyclic) bond motifs is 1. The Bertz CT molecular complexity index is 467. The molecule has 1 aromatic carbocycles. The predicted molar refractivity (Wildman–Crippen MR) is 74.5 cm³/mol. The van der Waals surface area contributed by atoms with E-state index in [9.17, 15) is 9.90 Å². The molecule has 2 unspecified atom stereocenters. The lowest BCUT2D eigenvalue weighted by atomic mass is 9.65. The van der Waals surface area contributed by atoms with E-state index in [4.69, 9.17) is 4.74 Å². The third-order valence-corrected chi connectivity index (χ3v) is 4.17. The van der Waals surface area contributed by atoms with E-state index in [2.05, 4.69) is 20.8 Å². The zero-order chi connectivity index (χ0) is 14.0. The Hall–Kier alpha value is -1.51. The van der Waals surface area contributed by atoms with Gasteiger partial charge in [-0.05, 0) is 24.3 Å². The molecule has 0 fully saturated rings. The summed E-state index contributed by atoms with van der Waals surface area (Å²) >= 11 is 0. The summed E-state index contributed by atoms with van der Waals surface area (Å²) in [6, 6.07) is 7.56. The predicted octanol–water partition coefficient (Wildman–Crippen LogP) is 3.47. The van der Waals surface area contributed by atoms with Crippen LogP contribution in [0.5, 0.6) is 5.75 Å². The second kappa shape index (κ2) is 5.24. The first kappa shape index (κ1) is 13.9. The molecule has 3 heteroatoms. The molecule has 0 amide bonds. The van der Waals surface area contributed by atoms with Crippen LogP contribution in [0.4, 0.5) is 0 Å². The lowest BCUT2D eigenvalue weighted by molar-refractivity contribution is -0.147. The van der Waals surface area contributed by atoms with Gasteiger partial charge in [-0.15, -0.1) is 0 Å². The highest BCUT2D eigenvalue weighted by Gasteiger charge is 2.48. The molecule has 3 nitrogen and oxygen atoms in total. The molecule has 1 aromatic rings. The smallest absolute Gasteiger partial charge is 0.314 e. The van der Waals surface area contributed by atoms with Gasteiger partial charge in [0.1, 0.15) is 11.2 Å². The number of aliphatic carboxylic acids is 1. The summed E-state index contributed by atoms with van der Waals surface area (Å²) in [6.07, 6.45) is 1.45. The number of hydrogen-bond donors (Lipinski definition) is 1. The first-order valence-corrected chi connectivity index (χ1v) is 6.94. The van der Waals surface area contributed by atoms with Crippen molar-refractivity contribution >= 4 is 5.97 Å². The van der Waals surface area contributed by atoms with Gasteiger partial charge in [-0.3, -0.25) is 4.79 Å². The summed E-state index contributed by atoms with van der Waals surface area (Å²) < 4.78 is 5.62. The quantitative estimate of drug-likeness (QED) is 0.903. The molecule has 0 aromatic heterocycles. The molecule has 1 N–H and O–H groups in total. The molecule has 1 aliphatic rings. The Morgan fingerprint density at radius 2 is 2.05 bits per heavy atom. The number of rotatable bonds is 4. The summed E-state index contributed by atoms with van der Waals surface area (Å²) in [5.74, 6) is 0.583. The van der Waals surface area contributed by atoms with Gasteiger partial charge in [0.2, 0.25) is 0 Å². The van der Waals surface area contributed by atoms with Gasteiger partial charge >= 0.3 is 5.97 Å². The molecular formula is C16H22O3. The van der Waals surface area contributed by atoms with E-state index in [-0.39, 0.29) is 5.92 Å². The second-order valence-corrected chi connectivity index (χ2v) is 5.90. The lowest BCUT2D eigenvalue weighted by Crippen LogP contribution is -2.46. The average Bonchev–Trinajstić information content (AvgIpc) is 2.36. The minimum absolute atomic E-state index is 0.0926. The van der Waals surface area contributed by atoms with Crippen molar-refractivity contribution in [3.63, 3.8) is 0 Å². The van der Waals surface area contributed by atoms with Crippen LogP contribution in [0, 0.1) is 11.8 Å². The van der Waals surface area contributed by atoms with Crippen LogP contribution in [0.25, 0.3) is 0 Å². The van der Waals surface area contributed by atoms with Crippen LogP contribution in [-0.4, -0.2) is 17.7 Å². The third kappa shape index (κ3) is 2.34. The van der Waals surface area contributed by atoms with Crippen LogP contribution < -0.4 is 4.74 Å². The zero-order valence-corrected chi connectivity index (χ0v) is 11.8. The fourth-order valence-corrected chi connectivity index (χ4v) is 3.27. The first-order valence-electron chi connectivity index (χ1n) is 6.94. The summed E-state index contributed by atoms with van der Waals surface area (Å²) in [4.78, 5) is 12.0. The molecule has 0 saturated carbocycles. The first-order chi connectivity index (χ1) is 8.98. The molecule has 0 aliphatic carbocycles. The van der Waals surface area contributed by atoms with E-state index in [1.54, 1.807) is 0 Å². The van der Waals surface area contributed by atoms with Gasteiger partial charge in [-0.1, -0.05) is 39.0 Å². The highest BCUT2D eigenvalue weighted by atomic mass is 16.5. The van der Waals surface area contributed by atoms with E-state index in [1.807, 2.05) is 24.3 Å². The van der Waals surface area contributed by atoms with E-state index >= 15 is 0 Å². The molecule has 0 bridgehead atoms. The lowest BCUT2D eigenvalue weighted by Gasteiger charge is -2.40. The van der Waals surface area contributed by atoms with Crippen LogP contribution in [-0.2, 0) is 10.2 Å². The van der Waals surface area contributed by atoms with E-state index in [0.717, 1.165) is 17.7 Å². The second-order valence-electron chi connectivity index (χ2n) is 5.90. The number of carbonyl (C=O) groups is 1. The molecule has 0 saturated heterocycles. The Labute approximate surface area is 114 Å². The molecule has 0 radical (unpaired) electrons. The van der Waals surface area contributed by atoms with Crippen molar-refractivity contribution in [2.75, 3.05) is 6.61 Å². The number of carboxylic acid groups (broad SMARTS) is 1. The molecule has 2 atom stereocenters. The van der Waals surface area contributed by atoms with Crippen molar-refractivity contribution < 1.29 is 14.6 Å². The fraction of sp³-hybridized carbons (Fsp3) is 0.562. The minimum Gasteiger partial charge on any atom is -0.493 e. The van der Waals surface area contributed by atoms with Crippen molar-refractivity contribution in [2.24, 2.45) is 11.8 Å². The van der Waals surface area contributed by atoms with Crippen molar-refractivity contribution in [1.29, 1.82) is 0 Å². The van der Waals surface area contributed by atoms with Gasteiger partial charge in [0, 0.05) is 12.0 Å². The Morgan fingerprint density at radius 3 is 2.68 bits per heavy atom. The van der Waals surface area contributed by atoms with Gasteiger partial charge < -0.3 is 9.84 Å². The zero-order valence-electron chi connectivity index (χ0n) is 11.8. The number of para-hydroxylation sites is 1. The van der Waals surface area contributed by atoms with Crippen LogP contribution in [0.2, 0.25) is 0 Å². The van der Waals surface area contributed by atoms with E-state index in [0.29, 0.717) is 18.9 Å². The summed E-state index contributed by atoms with van der Waals surface area (Å²) in [6.45, 7) is 6.80. The minimum atomic E-state index is -0.806. The SMILES string of the molecule is CC(C)CC(C)C1(C(=O)O)CCOc2ccccc21. The van der Waals surface area contributed by atoms with Crippen molar-refractivity contribution in [3.05, 3.63) is 29.8 Å². The maximum absolute atomic E-state index is 12.0. The van der Waals surface area contributed by atoms with Crippen LogP contribution >= 0.6 is 0 Å². The topological polar surface area (TPSA) is 46.5 Å². The van der Waals surface area contributed by atoms with Gasteiger partial charge in [0.25, 0.3) is 0 Å². The molecule has 1 aliphatic heterocycles. The molecule has 19 heavy (non-hydrogen) atoms. The summed E-state index contributed by atoms with van der Waals surface area (Å²) in [5.41, 5.74) is 0.0287. The van der Waals surface area contributed by atoms with Crippen LogP contribution in [0.3, 0.4) is 0 Å². The highest BCUT2D eigenvalue weighted by Crippen LogP contribution is 2.46. The number of carboxylic acids is 1. The average molecular weight is 262 g/mol. The standard InChI is InChI=1S/C16H22O3/c1-11(2)10-12(3)16(15(17)18)8-9-19-14-7-5-4-6-13(14)16/h4-7,11-12H,8-10H2,1-3H3,(H,17,18). The van der Waals surface area contributed by atoms with Crippen molar-refractivity contribution in [3.8, 4) is 5.75 Å². The Balaban J connectivity index is 2.49. The van der Waals surface area contributed by atoms with E-state index in [1.165, 1.54) is 0 Å². The maximum atomic E-state index is 12.0. The highest BCUT2D eigenvalue weighted by molar-refractivity contribution is 5.83. The van der Waals surface area contributed by atoms with Crippen LogP contribution in [0.15, 0.2) is 24.3 Å². The Kier molecular flexibility index (Phi) is 3.83. The molecular weight excluding hydrogens is 240 g/mol. The van der Waals surface area contributed by atoms with E-state index < -0.39 is 11.4 Å². The fourth-order valence-electron chi connectivity index (χ4n) is 3.27. The van der Waals surface area contributed by atoms with Crippen molar-refractivity contribution in [2.45, 2.75) is 39.0 Å². The molecule has 2 rings (SSSR count). The summed E-state index contributed by atoms with van der Waals surface area (Å²) in [7, 11) is 0. The largest absolute Gasteiger partial charge is 0.493 e. The molecule has 0 spiro atoms. The summed E-state index contributed by atoms with van der Waals surface area (Å²) in [5, 5.41) is 9.86. The monoisotopic (exact) mass is 262 g/mol. The van der Waals surface area contributed by atoms with Crippen molar-refractivity contribution in [1.82, 2.24) is 0 Å². The Morgan fingerprint density at radius 1 is 1.37 bits per heavy atom. The van der Waals surface area contributed by atoms with Gasteiger partial charge in [-0.2, -0.15) is 0 Å². The third-order valence-electron chi connectivity index (χ3n) is 4.17. The molecule has 104 valence electrons. The van der Waals surface area contributed by atoms with Gasteiger partial charge in [0.15, 0.2) is 0 Å².